The molecule has 0 fully saturated rings. The van der Waals surface area contributed by atoms with Gasteiger partial charge in [0.25, 0.3) is 0 Å². The molecule has 1 aliphatic rings. The minimum Gasteiger partial charge on any atom is -0.331 e. The number of rotatable bonds is 4. The number of sulfonamides is 1. The third kappa shape index (κ3) is 4.36. The Morgan fingerprint density at radius 3 is 2.77 bits per heavy atom. The smallest absolute Gasteiger partial charge is 0.319 e. The summed E-state index contributed by atoms with van der Waals surface area (Å²) in [5.41, 5.74) is 3.59. The van der Waals surface area contributed by atoms with Gasteiger partial charge in [-0.1, -0.05) is 6.07 Å². The van der Waals surface area contributed by atoms with E-state index in [1.165, 1.54) is 23.8 Å². The first-order chi connectivity index (χ1) is 12.3. The highest BCUT2D eigenvalue weighted by Gasteiger charge is 2.16. The SMILES string of the molecule is Cc1nc(CNC(=O)Nc2cccc(S(N)(=O)=O)c2)nc2c1CCCC2. The summed E-state index contributed by atoms with van der Waals surface area (Å²) < 4.78 is 22.7. The number of carbonyl (C=O) groups excluding carboxylic acids is 1. The Hall–Kier alpha value is -2.52. The van der Waals surface area contributed by atoms with E-state index < -0.39 is 16.1 Å². The molecule has 0 spiro atoms. The first-order valence-corrected chi connectivity index (χ1v) is 9.90. The summed E-state index contributed by atoms with van der Waals surface area (Å²) in [5, 5.41) is 10.3. The van der Waals surface area contributed by atoms with Gasteiger partial charge in [-0.2, -0.15) is 0 Å². The van der Waals surface area contributed by atoms with Crippen LogP contribution in [0.4, 0.5) is 10.5 Å². The molecule has 2 amide bonds. The average Bonchev–Trinajstić information content (AvgIpc) is 2.59. The Kier molecular flexibility index (Phi) is 5.19. The van der Waals surface area contributed by atoms with E-state index in [1.807, 2.05) is 6.92 Å². The molecule has 138 valence electrons. The first kappa shape index (κ1) is 18.3. The Balaban J connectivity index is 1.64. The lowest BCUT2D eigenvalue weighted by Gasteiger charge is -2.17. The zero-order chi connectivity index (χ0) is 18.7. The van der Waals surface area contributed by atoms with Crippen molar-refractivity contribution in [3.63, 3.8) is 0 Å². The number of hydrogen-bond acceptors (Lipinski definition) is 5. The van der Waals surface area contributed by atoms with E-state index in [0.29, 0.717) is 11.5 Å². The van der Waals surface area contributed by atoms with Crippen LogP contribution in [-0.4, -0.2) is 24.4 Å². The molecule has 1 aliphatic carbocycles. The van der Waals surface area contributed by atoms with Crippen molar-refractivity contribution < 1.29 is 13.2 Å². The molecule has 0 radical (unpaired) electrons. The lowest BCUT2D eigenvalue weighted by atomic mass is 9.95. The van der Waals surface area contributed by atoms with Crippen molar-refractivity contribution in [1.29, 1.82) is 0 Å². The topological polar surface area (TPSA) is 127 Å². The van der Waals surface area contributed by atoms with Crippen LogP contribution in [0.15, 0.2) is 29.2 Å². The number of urea groups is 1. The van der Waals surface area contributed by atoms with Crippen LogP contribution in [0.25, 0.3) is 0 Å². The Morgan fingerprint density at radius 1 is 1.23 bits per heavy atom. The molecule has 9 heteroatoms. The third-order valence-electron chi connectivity index (χ3n) is 4.26. The first-order valence-electron chi connectivity index (χ1n) is 8.36. The van der Waals surface area contributed by atoms with Crippen molar-refractivity contribution in [3.05, 3.63) is 47.0 Å². The molecule has 1 heterocycles. The second-order valence-electron chi connectivity index (χ2n) is 6.24. The van der Waals surface area contributed by atoms with Crippen LogP contribution in [0.2, 0.25) is 0 Å². The highest BCUT2D eigenvalue weighted by molar-refractivity contribution is 7.89. The quantitative estimate of drug-likeness (QED) is 0.748. The maximum atomic E-state index is 12.1. The van der Waals surface area contributed by atoms with Crippen LogP contribution >= 0.6 is 0 Å². The number of nitrogens with two attached hydrogens (primary N) is 1. The number of anilines is 1. The number of amides is 2. The molecular formula is C17H21N5O3S. The van der Waals surface area contributed by atoms with Crippen LogP contribution in [-0.2, 0) is 29.4 Å². The second-order valence-corrected chi connectivity index (χ2v) is 7.80. The zero-order valence-corrected chi connectivity index (χ0v) is 15.3. The van der Waals surface area contributed by atoms with E-state index in [1.54, 1.807) is 6.07 Å². The van der Waals surface area contributed by atoms with Gasteiger partial charge >= 0.3 is 6.03 Å². The fourth-order valence-electron chi connectivity index (χ4n) is 3.01. The van der Waals surface area contributed by atoms with E-state index in [9.17, 15) is 13.2 Å². The van der Waals surface area contributed by atoms with E-state index >= 15 is 0 Å². The molecule has 4 N–H and O–H groups in total. The molecule has 0 saturated carbocycles. The summed E-state index contributed by atoms with van der Waals surface area (Å²) in [6.07, 6.45) is 4.24. The van der Waals surface area contributed by atoms with Crippen LogP contribution < -0.4 is 15.8 Å². The Bertz CT molecular complexity index is 943. The van der Waals surface area contributed by atoms with Crippen molar-refractivity contribution in [3.8, 4) is 0 Å². The fraction of sp³-hybridized carbons (Fsp3) is 0.353. The third-order valence-corrected chi connectivity index (χ3v) is 5.17. The average molecular weight is 375 g/mol. The van der Waals surface area contributed by atoms with Gasteiger partial charge in [-0.15, -0.1) is 0 Å². The van der Waals surface area contributed by atoms with Crippen molar-refractivity contribution in [2.45, 2.75) is 44.0 Å². The monoisotopic (exact) mass is 375 g/mol. The van der Waals surface area contributed by atoms with Gasteiger partial charge in [-0.3, -0.25) is 0 Å². The number of carbonyl (C=O) groups is 1. The van der Waals surface area contributed by atoms with Gasteiger partial charge in [0.1, 0.15) is 5.82 Å². The lowest BCUT2D eigenvalue weighted by molar-refractivity contribution is 0.251. The van der Waals surface area contributed by atoms with E-state index in [2.05, 4.69) is 20.6 Å². The van der Waals surface area contributed by atoms with Gasteiger partial charge in [-0.05, 0) is 56.4 Å². The highest BCUT2D eigenvalue weighted by Crippen LogP contribution is 2.21. The number of aromatic nitrogens is 2. The van der Waals surface area contributed by atoms with E-state index in [-0.39, 0.29) is 11.4 Å². The number of primary sulfonamides is 1. The van der Waals surface area contributed by atoms with Crippen LogP contribution in [0.5, 0.6) is 0 Å². The Labute approximate surface area is 152 Å². The molecule has 1 aromatic carbocycles. The maximum absolute atomic E-state index is 12.1. The maximum Gasteiger partial charge on any atom is 0.319 e. The number of nitrogens with one attached hydrogen (secondary N) is 2. The molecule has 0 aliphatic heterocycles. The number of benzene rings is 1. The van der Waals surface area contributed by atoms with E-state index in [4.69, 9.17) is 5.14 Å². The van der Waals surface area contributed by atoms with Crippen molar-refractivity contribution in [1.82, 2.24) is 15.3 Å². The molecule has 2 aromatic rings. The molecular weight excluding hydrogens is 354 g/mol. The van der Waals surface area contributed by atoms with Gasteiger partial charge in [-0.25, -0.2) is 28.3 Å². The summed E-state index contributed by atoms with van der Waals surface area (Å²) in [6.45, 7) is 2.16. The summed E-state index contributed by atoms with van der Waals surface area (Å²) in [4.78, 5) is 21.0. The fourth-order valence-corrected chi connectivity index (χ4v) is 3.57. The lowest BCUT2D eigenvalue weighted by Crippen LogP contribution is -2.29. The summed E-state index contributed by atoms with van der Waals surface area (Å²) in [7, 11) is -3.82. The number of aryl methyl sites for hydroxylation is 2. The number of fused-ring (bicyclic) bond motifs is 1. The highest BCUT2D eigenvalue weighted by atomic mass is 32.2. The van der Waals surface area contributed by atoms with Gasteiger partial charge in [0.05, 0.1) is 11.4 Å². The van der Waals surface area contributed by atoms with E-state index in [0.717, 1.165) is 37.1 Å². The van der Waals surface area contributed by atoms with Gasteiger partial charge in [0.2, 0.25) is 10.0 Å². The normalized spacial score (nSPS) is 13.8. The molecule has 0 saturated heterocycles. The van der Waals surface area contributed by atoms with Crippen molar-refractivity contribution in [2.75, 3.05) is 5.32 Å². The summed E-state index contributed by atoms with van der Waals surface area (Å²) >= 11 is 0. The van der Waals surface area contributed by atoms with Crippen LogP contribution in [0.1, 0.15) is 35.6 Å². The minimum atomic E-state index is -3.82. The molecule has 0 atom stereocenters. The number of hydrogen-bond donors (Lipinski definition) is 3. The van der Waals surface area contributed by atoms with Gasteiger partial charge < -0.3 is 10.6 Å². The zero-order valence-electron chi connectivity index (χ0n) is 14.4. The molecule has 0 bridgehead atoms. The molecule has 1 aromatic heterocycles. The largest absolute Gasteiger partial charge is 0.331 e. The second kappa shape index (κ2) is 7.38. The van der Waals surface area contributed by atoms with Crippen molar-refractivity contribution >= 4 is 21.7 Å². The standard InChI is InChI=1S/C17H21N5O3S/c1-11-14-7-2-3-8-15(14)22-16(20-11)10-19-17(23)21-12-5-4-6-13(9-12)26(18,24)25/h4-6,9H,2-3,7-8,10H2,1H3,(H2,18,24,25)(H2,19,21,23). The van der Waals surface area contributed by atoms with Gasteiger partial charge in [0.15, 0.2) is 0 Å². The molecule has 26 heavy (non-hydrogen) atoms. The van der Waals surface area contributed by atoms with Crippen LogP contribution in [0.3, 0.4) is 0 Å². The van der Waals surface area contributed by atoms with Gasteiger partial charge in [0, 0.05) is 17.1 Å². The molecule has 3 rings (SSSR count). The Morgan fingerprint density at radius 2 is 2.00 bits per heavy atom. The minimum absolute atomic E-state index is 0.0658. The van der Waals surface area contributed by atoms with Crippen molar-refractivity contribution in [2.24, 2.45) is 5.14 Å². The number of nitrogens with zero attached hydrogens (tertiary/aromatic N) is 2. The predicted octanol–water partition coefficient (Wildman–Crippen LogP) is 1.63. The van der Waals surface area contributed by atoms with Crippen LogP contribution in [0, 0.1) is 6.92 Å². The summed E-state index contributed by atoms with van der Waals surface area (Å²) in [5.74, 6) is 0.566. The molecule has 8 nitrogen and oxygen atoms in total. The predicted molar refractivity (Wildman–Crippen MR) is 97.1 cm³/mol. The summed E-state index contributed by atoms with van der Waals surface area (Å²) in [6, 6.07) is 5.27. The molecule has 0 unspecified atom stereocenters.